The number of ether oxygens (including phenoxy) is 1. The molecule has 0 bridgehead atoms. The first-order valence-corrected chi connectivity index (χ1v) is 10.8. The van der Waals surface area contributed by atoms with Crippen molar-refractivity contribution in [3.63, 3.8) is 0 Å². The maximum Gasteiger partial charge on any atom is 0.232 e. The Balaban J connectivity index is 1.89. The molecule has 1 aliphatic carbocycles. The first-order valence-electron chi connectivity index (χ1n) is 8.97. The highest BCUT2D eigenvalue weighted by Crippen LogP contribution is 2.29. The maximum atomic E-state index is 12.2. The van der Waals surface area contributed by atoms with E-state index in [1.165, 1.54) is 29.8 Å². The fourth-order valence-electron chi connectivity index (χ4n) is 3.05. The van der Waals surface area contributed by atoms with E-state index in [4.69, 9.17) is 4.74 Å². The molecule has 0 aromatic heterocycles. The van der Waals surface area contributed by atoms with Crippen LogP contribution in [0.4, 0.5) is 5.69 Å². The number of carbonyl (C=O) groups excluding carboxylic acids is 1. The molecule has 1 N–H and O–H groups in total. The molecule has 144 valence electrons. The Hall–Kier alpha value is -2.02. The second kappa shape index (κ2) is 9.62. The van der Waals surface area contributed by atoms with Crippen LogP contribution in [0.1, 0.15) is 38.5 Å². The van der Waals surface area contributed by atoms with Crippen LogP contribution in [0.25, 0.3) is 0 Å². The van der Waals surface area contributed by atoms with Gasteiger partial charge in [-0.05, 0) is 44.2 Å². The van der Waals surface area contributed by atoms with Crippen LogP contribution < -0.4 is 14.4 Å². The summed E-state index contributed by atoms with van der Waals surface area (Å²) < 4.78 is 30.9. The number of methoxy groups -OCH3 is 1. The first kappa shape index (κ1) is 20.3. The molecule has 1 aromatic carbocycles. The summed E-state index contributed by atoms with van der Waals surface area (Å²) in [6, 6.07) is 6.98. The summed E-state index contributed by atoms with van der Waals surface area (Å²) in [5.74, 6) is 0.441. The van der Waals surface area contributed by atoms with Crippen molar-refractivity contribution in [1.29, 1.82) is 0 Å². The molecular weight excluding hydrogens is 352 g/mol. The van der Waals surface area contributed by atoms with Gasteiger partial charge < -0.3 is 10.1 Å². The van der Waals surface area contributed by atoms with E-state index in [9.17, 15) is 13.2 Å². The summed E-state index contributed by atoms with van der Waals surface area (Å²) in [7, 11) is -1.96. The summed E-state index contributed by atoms with van der Waals surface area (Å²) in [5, 5.41) is 2.93. The van der Waals surface area contributed by atoms with Crippen molar-refractivity contribution in [2.24, 2.45) is 0 Å². The molecule has 26 heavy (non-hydrogen) atoms. The van der Waals surface area contributed by atoms with Gasteiger partial charge in [0, 0.05) is 19.5 Å². The number of hydrogen-bond acceptors (Lipinski definition) is 4. The molecule has 1 aromatic rings. The number of amides is 1. The van der Waals surface area contributed by atoms with Crippen LogP contribution in [0, 0.1) is 0 Å². The molecule has 1 aliphatic rings. The molecule has 6 nitrogen and oxygen atoms in total. The van der Waals surface area contributed by atoms with Crippen molar-refractivity contribution in [3.8, 4) is 5.75 Å². The lowest BCUT2D eigenvalue weighted by Gasteiger charge is -2.24. The Morgan fingerprint density at radius 2 is 2.04 bits per heavy atom. The average Bonchev–Trinajstić information content (AvgIpc) is 2.63. The van der Waals surface area contributed by atoms with E-state index in [-0.39, 0.29) is 18.9 Å². The lowest BCUT2D eigenvalue weighted by Crippen LogP contribution is -2.32. The molecule has 0 aliphatic heterocycles. The number of sulfonamides is 1. The third-order valence-corrected chi connectivity index (χ3v) is 5.60. The third-order valence-electron chi connectivity index (χ3n) is 4.42. The number of rotatable bonds is 9. The van der Waals surface area contributed by atoms with E-state index in [0.29, 0.717) is 24.4 Å². The number of nitrogens with zero attached hydrogens (tertiary/aromatic N) is 1. The second-order valence-electron chi connectivity index (χ2n) is 6.50. The molecule has 0 fully saturated rings. The topological polar surface area (TPSA) is 75.7 Å². The highest BCUT2D eigenvalue weighted by molar-refractivity contribution is 7.92. The number of benzene rings is 1. The number of nitrogens with one attached hydrogen (secondary N) is 1. The lowest BCUT2D eigenvalue weighted by atomic mass is 10.00. The summed E-state index contributed by atoms with van der Waals surface area (Å²) in [5.41, 5.74) is 1.78. The van der Waals surface area contributed by atoms with E-state index >= 15 is 0 Å². The Morgan fingerprint density at radius 3 is 2.69 bits per heavy atom. The van der Waals surface area contributed by atoms with Crippen LogP contribution >= 0.6 is 0 Å². The van der Waals surface area contributed by atoms with Crippen LogP contribution in [-0.4, -0.2) is 40.8 Å². The Labute approximate surface area is 156 Å². The standard InChI is InChI=1S/C19H28N2O4S/c1-25-18-12-7-6-11-17(18)21(26(2,23)24)14-8-13-19(22)20-15-16-9-4-3-5-10-16/h6-7,9,11-12H,3-5,8,10,13-15H2,1-2H3,(H,20,22). The maximum absolute atomic E-state index is 12.2. The van der Waals surface area contributed by atoms with Gasteiger partial charge in [-0.1, -0.05) is 23.8 Å². The molecule has 7 heteroatoms. The van der Waals surface area contributed by atoms with Gasteiger partial charge in [-0.15, -0.1) is 0 Å². The Kier molecular flexibility index (Phi) is 7.50. The largest absolute Gasteiger partial charge is 0.495 e. The Morgan fingerprint density at radius 1 is 1.27 bits per heavy atom. The van der Waals surface area contributed by atoms with Gasteiger partial charge in [0.05, 0.1) is 19.1 Å². The molecule has 0 radical (unpaired) electrons. The quantitative estimate of drug-likeness (QED) is 0.669. The van der Waals surface area contributed by atoms with Gasteiger partial charge in [-0.3, -0.25) is 9.10 Å². The molecule has 0 spiro atoms. The molecule has 0 saturated carbocycles. The highest BCUT2D eigenvalue weighted by Gasteiger charge is 2.20. The third kappa shape index (κ3) is 6.05. The van der Waals surface area contributed by atoms with E-state index in [1.54, 1.807) is 24.3 Å². The van der Waals surface area contributed by atoms with Gasteiger partial charge in [-0.2, -0.15) is 0 Å². The number of carbonyl (C=O) groups is 1. The number of para-hydroxylation sites is 2. The minimum absolute atomic E-state index is 0.0510. The van der Waals surface area contributed by atoms with Crippen molar-refractivity contribution in [2.45, 2.75) is 38.5 Å². The van der Waals surface area contributed by atoms with E-state index < -0.39 is 10.0 Å². The highest BCUT2D eigenvalue weighted by atomic mass is 32.2. The van der Waals surface area contributed by atoms with Crippen LogP contribution in [0.2, 0.25) is 0 Å². The number of anilines is 1. The molecule has 0 unspecified atom stereocenters. The van der Waals surface area contributed by atoms with E-state index in [0.717, 1.165) is 19.1 Å². The normalized spacial score (nSPS) is 14.5. The summed E-state index contributed by atoms with van der Waals surface area (Å²) in [6.07, 6.45) is 8.64. The van der Waals surface area contributed by atoms with E-state index in [2.05, 4.69) is 11.4 Å². The van der Waals surface area contributed by atoms with Crippen molar-refractivity contribution in [1.82, 2.24) is 5.32 Å². The fraction of sp³-hybridized carbons (Fsp3) is 0.526. The SMILES string of the molecule is COc1ccccc1N(CCCC(=O)NCC1=CCCCC1)S(C)(=O)=O. The lowest BCUT2D eigenvalue weighted by molar-refractivity contribution is -0.120. The fourth-order valence-corrected chi connectivity index (χ4v) is 4.02. The summed E-state index contributed by atoms with van der Waals surface area (Å²) in [6.45, 7) is 0.830. The zero-order valence-corrected chi connectivity index (χ0v) is 16.3. The van der Waals surface area contributed by atoms with Gasteiger partial charge in [0.25, 0.3) is 0 Å². The summed E-state index contributed by atoms with van der Waals surface area (Å²) >= 11 is 0. The van der Waals surface area contributed by atoms with Crippen LogP contribution in [0.5, 0.6) is 5.75 Å². The van der Waals surface area contributed by atoms with Crippen molar-refractivity contribution >= 4 is 21.6 Å². The van der Waals surface area contributed by atoms with Crippen LogP contribution in [0.3, 0.4) is 0 Å². The van der Waals surface area contributed by atoms with Crippen molar-refractivity contribution in [3.05, 3.63) is 35.9 Å². The minimum atomic E-state index is -3.47. The summed E-state index contributed by atoms with van der Waals surface area (Å²) in [4.78, 5) is 12.0. The zero-order chi connectivity index (χ0) is 19.0. The van der Waals surface area contributed by atoms with Gasteiger partial charge >= 0.3 is 0 Å². The van der Waals surface area contributed by atoms with Gasteiger partial charge in [0.15, 0.2) is 0 Å². The Bertz CT molecular complexity index is 744. The first-order chi connectivity index (χ1) is 12.4. The predicted molar refractivity (Wildman–Crippen MR) is 104 cm³/mol. The molecule has 2 rings (SSSR count). The van der Waals surface area contributed by atoms with E-state index in [1.807, 2.05) is 0 Å². The van der Waals surface area contributed by atoms with Crippen molar-refractivity contribution < 1.29 is 17.9 Å². The van der Waals surface area contributed by atoms with Crippen LogP contribution in [-0.2, 0) is 14.8 Å². The van der Waals surface area contributed by atoms with Crippen molar-refractivity contribution in [2.75, 3.05) is 30.8 Å². The average molecular weight is 381 g/mol. The number of hydrogen-bond donors (Lipinski definition) is 1. The van der Waals surface area contributed by atoms with Gasteiger partial charge in [0.2, 0.25) is 15.9 Å². The molecule has 0 saturated heterocycles. The molecule has 1 amide bonds. The minimum Gasteiger partial charge on any atom is -0.495 e. The van der Waals surface area contributed by atoms with Gasteiger partial charge in [-0.25, -0.2) is 8.42 Å². The number of allylic oxidation sites excluding steroid dienone is 1. The smallest absolute Gasteiger partial charge is 0.232 e. The second-order valence-corrected chi connectivity index (χ2v) is 8.40. The monoisotopic (exact) mass is 380 g/mol. The van der Waals surface area contributed by atoms with Crippen LogP contribution in [0.15, 0.2) is 35.9 Å². The molecular formula is C19H28N2O4S. The molecule has 0 heterocycles. The van der Waals surface area contributed by atoms with Gasteiger partial charge in [0.1, 0.15) is 5.75 Å². The zero-order valence-electron chi connectivity index (χ0n) is 15.5. The molecule has 0 atom stereocenters. The predicted octanol–water partition coefficient (Wildman–Crippen LogP) is 2.86.